The summed E-state index contributed by atoms with van der Waals surface area (Å²) in [6.45, 7) is 3.94. The third-order valence-corrected chi connectivity index (χ3v) is 4.26. The van der Waals surface area contributed by atoms with E-state index in [2.05, 4.69) is 6.92 Å². The van der Waals surface area contributed by atoms with E-state index in [-0.39, 0.29) is 0 Å². The van der Waals surface area contributed by atoms with Crippen molar-refractivity contribution in [2.24, 2.45) is 17.1 Å². The summed E-state index contributed by atoms with van der Waals surface area (Å²) in [6, 6.07) is 10.1. The summed E-state index contributed by atoms with van der Waals surface area (Å²) in [4.78, 5) is 0. The smallest absolute Gasteiger partial charge is 0.119 e. The van der Waals surface area contributed by atoms with Gasteiger partial charge in [-0.3, -0.25) is 0 Å². The van der Waals surface area contributed by atoms with Gasteiger partial charge in [0.05, 0.1) is 6.61 Å². The first kappa shape index (κ1) is 13.4. The maximum Gasteiger partial charge on any atom is 0.119 e. The fourth-order valence-electron chi connectivity index (χ4n) is 3.19. The molecule has 0 saturated heterocycles. The molecular weight excluding hydrogens is 222 g/mol. The van der Waals surface area contributed by atoms with Gasteiger partial charge < -0.3 is 10.5 Å². The van der Waals surface area contributed by atoms with Gasteiger partial charge in [0, 0.05) is 0 Å². The summed E-state index contributed by atoms with van der Waals surface area (Å²) in [5, 5.41) is 0. The number of para-hydroxylation sites is 1. The molecule has 2 heteroatoms. The monoisotopic (exact) mass is 247 g/mol. The molecular formula is C16H25NO. The highest BCUT2D eigenvalue weighted by molar-refractivity contribution is 5.20. The Kier molecular flexibility index (Phi) is 4.65. The molecule has 2 nitrogen and oxygen atoms in total. The van der Waals surface area contributed by atoms with Gasteiger partial charge >= 0.3 is 0 Å². The van der Waals surface area contributed by atoms with Crippen molar-refractivity contribution in [1.29, 1.82) is 0 Å². The van der Waals surface area contributed by atoms with Gasteiger partial charge in [0.1, 0.15) is 5.75 Å². The van der Waals surface area contributed by atoms with Crippen molar-refractivity contribution in [2.45, 2.75) is 39.0 Å². The molecule has 1 aliphatic rings. The van der Waals surface area contributed by atoms with E-state index < -0.39 is 0 Å². The lowest BCUT2D eigenvalue weighted by molar-refractivity contribution is 0.116. The molecule has 1 saturated carbocycles. The summed E-state index contributed by atoms with van der Waals surface area (Å²) in [7, 11) is 0. The lowest BCUT2D eigenvalue weighted by Gasteiger charge is -2.39. The Bertz CT molecular complexity index is 351. The van der Waals surface area contributed by atoms with Gasteiger partial charge in [0.15, 0.2) is 0 Å². The SMILES string of the molecule is CC1CCCC(CN)(CCOc2ccccc2)C1. The minimum Gasteiger partial charge on any atom is -0.494 e. The van der Waals surface area contributed by atoms with Gasteiger partial charge in [-0.1, -0.05) is 38.0 Å². The molecule has 100 valence electrons. The van der Waals surface area contributed by atoms with Crippen LogP contribution < -0.4 is 10.5 Å². The highest BCUT2D eigenvalue weighted by atomic mass is 16.5. The summed E-state index contributed by atoms with van der Waals surface area (Å²) in [6.07, 6.45) is 6.31. The fourth-order valence-corrected chi connectivity index (χ4v) is 3.19. The number of rotatable bonds is 5. The lowest BCUT2D eigenvalue weighted by atomic mass is 9.68. The summed E-state index contributed by atoms with van der Waals surface area (Å²) < 4.78 is 5.82. The van der Waals surface area contributed by atoms with Crippen LogP contribution in [0.4, 0.5) is 0 Å². The van der Waals surface area contributed by atoms with Crippen molar-refractivity contribution in [3.63, 3.8) is 0 Å². The standard InChI is InChI=1S/C16H25NO/c1-14-6-5-9-16(12-14,13-17)10-11-18-15-7-3-2-4-8-15/h2-4,7-8,14H,5-6,9-13,17H2,1H3. The van der Waals surface area contributed by atoms with E-state index in [0.717, 1.165) is 31.2 Å². The predicted molar refractivity (Wildman–Crippen MR) is 75.7 cm³/mol. The third-order valence-electron chi connectivity index (χ3n) is 4.26. The molecule has 0 radical (unpaired) electrons. The van der Waals surface area contributed by atoms with E-state index >= 15 is 0 Å². The van der Waals surface area contributed by atoms with Crippen LogP contribution in [-0.2, 0) is 0 Å². The molecule has 1 fully saturated rings. The van der Waals surface area contributed by atoms with Crippen LogP contribution in [0.2, 0.25) is 0 Å². The Hall–Kier alpha value is -1.02. The van der Waals surface area contributed by atoms with Crippen molar-refractivity contribution in [1.82, 2.24) is 0 Å². The van der Waals surface area contributed by atoms with E-state index in [0.29, 0.717) is 5.41 Å². The van der Waals surface area contributed by atoms with Crippen LogP contribution >= 0.6 is 0 Å². The quantitative estimate of drug-likeness (QED) is 0.862. The molecule has 1 aromatic carbocycles. The molecule has 2 unspecified atom stereocenters. The first-order valence-electron chi connectivity index (χ1n) is 7.12. The topological polar surface area (TPSA) is 35.2 Å². The van der Waals surface area contributed by atoms with Crippen molar-refractivity contribution < 1.29 is 4.74 Å². The van der Waals surface area contributed by atoms with Crippen molar-refractivity contribution >= 4 is 0 Å². The Balaban J connectivity index is 1.83. The van der Waals surface area contributed by atoms with Gasteiger partial charge in [-0.25, -0.2) is 0 Å². The summed E-state index contributed by atoms with van der Waals surface area (Å²) in [5.41, 5.74) is 6.35. The summed E-state index contributed by atoms with van der Waals surface area (Å²) >= 11 is 0. The molecule has 1 aromatic rings. The maximum atomic E-state index is 6.02. The number of nitrogens with two attached hydrogens (primary N) is 1. The molecule has 2 N–H and O–H groups in total. The van der Waals surface area contributed by atoms with E-state index in [1.54, 1.807) is 0 Å². The Morgan fingerprint density at radius 1 is 1.33 bits per heavy atom. The molecule has 2 atom stereocenters. The zero-order valence-electron chi connectivity index (χ0n) is 11.4. The highest BCUT2D eigenvalue weighted by Gasteiger charge is 2.33. The Morgan fingerprint density at radius 2 is 2.11 bits per heavy atom. The number of ether oxygens (including phenoxy) is 1. The van der Waals surface area contributed by atoms with Crippen LogP contribution in [0, 0.1) is 11.3 Å². The van der Waals surface area contributed by atoms with Crippen LogP contribution in [-0.4, -0.2) is 13.2 Å². The predicted octanol–water partition coefficient (Wildman–Crippen LogP) is 3.61. The van der Waals surface area contributed by atoms with E-state index in [4.69, 9.17) is 10.5 Å². The number of benzene rings is 1. The average Bonchev–Trinajstić information content (AvgIpc) is 2.40. The third kappa shape index (κ3) is 3.49. The largest absolute Gasteiger partial charge is 0.494 e. The van der Waals surface area contributed by atoms with Gasteiger partial charge in [0.2, 0.25) is 0 Å². The van der Waals surface area contributed by atoms with Gasteiger partial charge in [0.25, 0.3) is 0 Å². The first-order valence-corrected chi connectivity index (χ1v) is 7.12. The van der Waals surface area contributed by atoms with E-state index in [1.165, 1.54) is 25.7 Å². The van der Waals surface area contributed by atoms with E-state index in [9.17, 15) is 0 Å². The van der Waals surface area contributed by atoms with Gasteiger partial charge in [-0.05, 0) is 49.3 Å². The molecule has 1 aliphatic carbocycles. The fraction of sp³-hybridized carbons (Fsp3) is 0.625. The van der Waals surface area contributed by atoms with Crippen molar-refractivity contribution in [3.05, 3.63) is 30.3 Å². The first-order chi connectivity index (χ1) is 8.74. The van der Waals surface area contributed by atoms with Gasteiger partial charge in [-0.15, -0.1) is 0 Å². The minimum absolute atomic E-state index is 0.326. The normalized spacial score (nSPS) is 28.0. The molecule has 0 aromatic heterocycles. The zero-order chi connectivity index (χ0) is 12.8. The second kappa shape index (κ2) is 6.24. The minimum atomic E-state index is 0.326. The number of hydrogen-bond acceptors (Lipinski definition) is 2. The molecule has 0 spiro atoms. The van der Waals surface area contributed by atoms with E-state index in [1.807, 2.05) is 30.3 Å². The van der Waals surface area contributed by atoms with Crippen molar-refractivity contribution in [3.8, 4) is 5.75 Å². The molecule has 18 heavy (non-hydrogen) atoms. The Labute approximate surface area is 111 Å². The summed E-state index contributed by atoms with van der Waals surface area (Å²) in [5.74, 6) is 1.78. The van der Waals surface area contributed by atoms with Crippen LogP contribution in [0.5, 0.6) is 5.75 Å². The van der Waals surface area contributed by atoms with Crippen LogP contribution in [0.25, 0.3) is 0 Å². The lowest BCUT2D eigenvalue weighted by Crippen LogP contribution is -2.36. The van der Waals surface area contributed by atoms with Crippen LogP contribution in [0.15, 0.2) is 30.3 Å². The molecule has 0 amide bonds. The second-order valence-corrected chi connectivity index (χ2v) is 5.82. The molecule has 0 bridgehead atoms. The van der Waals surface area contributed by atoms with Crippen molar-refractivity contribution in [2.75, 3.05) is 13.2 Å². The maximum absolute atomic E-state index is 6.02. The molecule has 0 heterocycles. The van der Waals surface area contributed by atoms with Crippen LogP contribution in [0.1, 0.15) is 39.0 Å². The number of hydrogen-bond donors (Lipinski definition) is 1. The highest BCUT2D eigenvalue weighted by Crippen LogP contribution is 2.41. The molecule has 2 rings (SSSR count). The Morgan fingerprint density at radius 3 is 2.78 bits per heavy atom. The zero-order valence-corrected chi connectivity index (χ0v) is 11.4. The molecule has 0 aliphatic heterocycles. The van der Waals surface area contributed by atoms with Gasteiger partial charge in [-0.2, -0.15) is 0 Å². The second-order valence-electron chi connectivity index (χ2n) is 5.82. The van der Waals surface area contributed by atoms with Crippen LogP contribution in [0.3, 0.4) is 0 Å². The average molecular weight is 247 g/mol.